The van der Waals surface area contributed by atoms with Gasteiger partial charge in [-0.25, -0.2) is 0 Å². The van der Waals surface area contributed by atoms with E-state index >= 15 is 0 Å². The van der Waals surface area contributed by atoms with Crippen molar-refractivity contribution in [3.05, 3.63) is 48.0 Å². The summed E-state index contributed by atoms with van der Waals surface area (Å²) in [5.74, 6) is -0.518. The molecule has 1 atom stereocenters. The second-order valence-corrected chi connectivity index (χ2v) is 3.33. The Bertz CT molecular complexity index is 346. The lowest BCUT2D eigenvalue weighted by Crippen LogP contribution is -2.23. The minimum atomic E-state index is -0.518. The molecule has 0 fully saturated rings. The van der Waals surface area contributed by atoms with Crippen LogP contribution in [0.3, 0.4) is 0 Å². The van der Waals surface area contributed by atoms with Crippen LogP contribution in [0.15, 0.2) is 42.5 Å². The molecule has 0 aliphatic carbocycles. The first-order valence-electron chi connectivity index (χ1n) is 4.75. The maximum atomic E-state index is 10.8. The van der Waals surface area contributed by atoms with Crippen molar-refractivity contribution in [1.82, 2.24) is 0 Å². The average Bonchev–Trinajstić information content (AvgIpc) is 2.26. The van der Waals surface area contributed by atoms with Crippen molar-refractivity contribution >= 4 is 5.91 Å². The molecule has 1 aromatic carbocycles. The molecule has 80 valence electrons. The molecule has 1 aromatic rings. The van der Waals surface area contributed by atoms with Crippen molar-refractivity contribution in [2.75, 3.05) is 0 Å². The van der Waals surface area contributed by atoms with Crippen LogP contribution in [-0.2, 0) is 16.1 Å². The zero-order valence-electron chi connectivity index (χ0n) is 8.77. The van der Waals surface area contributed by atoms with Gasteiger partial charge in [0, 0.05) is 5.57 Å². The lowest BCUT2D eigenvalue weighted by molar-refractivity contribution is -0.115. The number of amides is 1. The summed E-state index contributed by atoms with van der Waals surface area (Å²) in [4.78, 5) is 10.8. The highest BCUT2D eigenvalue weighted by Crippen LogP contribution is 2.08. The second kappa shape index (κ2) is 5.32. The molecule has 0 radical (unpaired) electrons. The van der Waals surface area contributed by atoms with Gasteiger partial charge >= 0.3 is 0 Å². The van der Waals surface area contributed by atoms with Crippen molar-refractivity contribution in [2.45, 2.75) is 19.6 Å². The summed E-state index contributed by atoms with van der Waals surface area (Å²) in [6.07, 6.45) is -0.345. The van der Waals surface area contributed by atoms with Crippen molar-refractivity contribution in [3.63, 3.8) is 0 Å². The first-order chi connectivity index (χ1) is 7.11. The van der Waals surface area contributed by atoms with Crippen LogP contribution in [0.4, 0.5) is 0 Å². The van der Waals surface area contributed by atoms with E-state index in [4.69, 9.17) is 10.5 Å². The third-order valence-electron chi connectivity index (χ3n) is 2.15. The number of carbonyl (C=O) groups is 1. The Morgan fingerprint density at radius 2 is 2.07 bits per heavy atom. The van der Waals surface area contributed by atoms with Crippen LogP contribution in [0.5, 0.6) is 0 Å². The molecule has 1 amide bonds. The maximum absolute atomic E-state index is 10.8. The normalized spacial score (nSPS) is 12.1. The van der Waals surface area contributed by atoms with Crippen LogP contribution in [0.1, 0.15) is 12.5 Å². The van der Waals surface area contributed by atoms with Gasteiger partial charge < -0.3 is 10.5 Å². The third kappa shape index (κ3) is 3.56. The van der Waals surface area contributed by atoms with E-state index in [0.29, 0.717) is 12.2 Å². The van der Waals surface area contributed by atoms with Gasteiger partial charge in [-0.15, -0.1) is 0 Å². The smallest absolute Gasteiger partial charge is 0.246 e. The fraction of sp³-hybridized carbons (Fsp3) is 0.250. The Morgan fingerprint density at radius 3 is 2.60 bits per heavy atom. The Kier molecular flexibility index (Phi) is 4.06. The van der Waals surface area contributed by atoms with Crippen LogP contribution in [0, 0.1) is 0 Å². The Labute approximate surface area is 89.5 Å². The second-order valence-electron chi connectivity index (χ2n) is 3.33. The molecule has 0 spiro atoms. The molecule has 1 unspecified atom stereocenters. The Balaban J connectivity index is 2.44. The molecule has 0 aliphatic rings. The van der Waals surface area contributed by atoms with Gasteiger partial charge in [0.1, 0.15) is 0 Å². The van der Waals surface area contributed by atoms with Gasteiger partial charge in [-0.2, -0.15) is 0 Å². The van der Waals surface area contributed by atoms with E-state index in [9.17, 15) is 4.79 Å². The summed E-state index contributed by atoms with van der Waals surface area (Å²) < 4.78 is 5.45. The summed E-state index contributed by atoms with van der Waals surface area (Å²) in [6.45, 7) is 5.78. The molecule has 0 aromatic heterocycles. The minimum Gasteiger partial charge on any atom is -0.369 e. The Hall–Kier alpha value is -1.61. The van der Waals surface area contributed by atoms with Gasteiger partial charge in [0.05, 0.1) is 12.7 Å². The van der Waals surface area contributed by atoms with Gasteiger partial charge in [-0.3, -0.25) is 4.79 Å². The predicted octanol–water partition coefficient (Wildman–Crippen LogP) is 1.63. The van der Waals surface area contributed by atoms with E-state index in [1.807, 2.05) is 30.3 Å². The minimum absolute atomic E-state index is 0.297. The number of carbonyl (C=O) groups excluding carboxylic acids is 1. The fourth-order valence-electron chi connectivity index (χ4n) is 1.10. The van der Waals surface area contributed by atoms with Gasteiger partial charge in [-0.1, -0.05) is 36.9 Å². The van der Waals surface area contributed by atoms with Gasteiger partial charge in [0.2, 0.25) is 5.91 Å². The van der Waals surface area contributed by atoms with Crippen LogP contribution < -0.4 is 5.73 Å². The molecule has 15 heavy (non-hydrogen) atoms. The summed E-state index contributed by atoms with van der Waals surface area (Å²) in [6, 6.07) is 9.73. The Morgan fingerprint density at radius 1 is 1.47 bits per heavy atom. The number of ether oxygens (including phenoxy) is 1. The number of hydrogen-bond donors (Lipinski definition) is 1. The molecule has 3 heteroatoms. The van der Waals surface area contributed by atoms with Crippen LogP contribution >= 0.6 is 0 Å². The SMILES string of the molecule is C=C(C(N)=O)C(C)OCc1ccccc1. The highest BCUT2D eigenvalue weighted by Gasteiger charge is 2.11. The van der Waals surface area contributed by atoms with Crippen LogP contribution in [0.25, 0.3) is 0 Å². The largest absolute Gasteiger partial charge is 0.369 e. The number of nitrogens with two attached hydrogens (primary N) is 1. The summed E-state index contributed by atoms with van der Waals surface area (Å²) in [5.41, 5.74) is 6.44. The predicted molar refractivity (Wildman–Crippen MR) is 59.0 cm³/mol. The molecular formula is C12H15NO2. The molecule has 0 aliphatic heterocycles. The molecule has 1 rings (SSSR count). The van der Waals surface area contributed by atoms with Gasteiger partial charge in [0.25, 0.3) is 0 Å². The quantitative estimate of drug-likeness (QED) is 0.743. The number of benzene rings is 1. The lowest BCUT2D eigenvalue weighted by Gasteiger charge is -2.13. The van der Waals surface area contributed by atoms with Crippen LogP contribution in [0.2, 0.25) is 0 Å². The van der Waals surface area contributed by atoms with Crippen LogP contribution in [-0.4, -0.2) is 12.0 Å². The highest BCUT2D eigenvalue weighted by molar-refractivity contribution is 5.92. The van der Waals surface area contributed by atoms with E-state index in [-0.39, 0.29) is 6.10 Å². The fourth-order valence-corrected chi connectivity index (χ4v) is 1.10. The molecule has 2 N–H and O–H groups in total. The van der Waals surface area contributed by atoms with E-state index in [1.54, 1.807) is 6.92 Å². The van der Waals surface area contributed by atoms with E-state index in [0.717, 1.165) is 5.56 Å². The zero-order chi connectivity index (χ0) is 11.3. The molecule has 3 nitrogen and oxygen atoms in total. The zero-order valence-corrected chi connectivity index (χ0v) is 8.77. The number of primary amides is 1. The summed E-state index contributed by atoms with van der Waals surface area (Å²) in [5, 5.41) is 0. The summed E-state index contributed by atoms with van der Waals surface area (Å²) in [7, 11) is 0. The van der Waals surface area contributed by atoms with Crippen molar-refractivity contribution in [1.29, 1.82) is 0 Å². The first kappa shape index (κ1) is 11.5. The van der Waals surface area contributed by atoms with Crippen molar-refractivity contribution < 1.29 is 9.53 Å². The van der Waals surface area contributed by atoms with Crippen molar-refractivity contribution in [3.8, 4) is 0 Å². The van der Waals surface area contributed by atoms with E-state index < -0.39 is 5.91 Å². The standard InChI is InChI=1S/C12H15NO2/c1-9(12(13)14)10(2)15-8-11-6-4-3-5-7-11/h3-7,10H,1,8H2,2H3,(H2,13,14). The van der Waals surface area contributed by atoms with Gasteiger partial charge in [-0.05, 0) is 12.5 Å². The highest BCUT2D eigenvalue weighted by atomic mass is 16.5. The summed E-state index contributed by atoms with van der Waals surface area (Å²) >= 11 is 0. The first-order valence-corrected chi connectivity index (χ1v) is 4.75. The molecule has 0 heterocycles. The molecule has 0 bridgehead atoms. The maximum Gasteiger partial charge on any atom is 0.246 e. The number of rotatable bonds is 5. The molecule has 0 saturated carbocycles. The monoisotopic (exact) mass is 205 g/mol. The van der Waals surface area contributed by atoms with Gasteiger partial charge in [0.15, 0.2) is 0 Å². The van der Waals surface area contributed by atoms with Crippen molar-refractivity contribution in [2.24, 2.45) is 5.73 Å². The third-order valence-corrected chi connectivity index (χ3v) is 2.15. The average molecular weight is 205 g/mol. The molecule has 0 saturated heterocycles. The number of hydrogen-bond acceptors (Lipinski definition) is 2. The topological polar surface area (TPSA) is 52.3 Å². The lowest BCUT2D eigenvalue weighted by atomic mass is 10.2. The van der Waals surface area contributed by atoms with E-state index in [1.165, 1.54) is 0 Å². The molecular weight excluding hydrogens is 190 g/mol. The van der Waals surface area contributed by atoms with E-state index in [2.05, 4.69) is 6.58 Å².